The number of hydrogen-bond acceptors (Lipinski definition) is 9. The summed E-state index contributed by atoms with van der Waals surface area (Å²) < 4.78 is 49.0. The van der Waals surface area contributed by atoms with Crippen molar-refractivity contribution in [2.75, 3.05) is 54.6 Å². The molecular weight excluding hydrogens is 910 g/mol. The summed E-state index contributed by atoms with van der Waals surface area (Å²) >= 11 is 12.8. The molecule has 3 fully saturated rings. The molecule has 2 heterocycles. The number of carbonyl (C=O) groups is 7. The van der Waals surface area contributed by atoms with Gasteiger partial charge in [0, 0.05) is 64.4 Å². The topological polar surface area (TPSA) is 198 Å². The molecule has 21 heteroatoms. The Bertz CT molecular complexity index is 1900. The fourth-order valence-electron chi connectivity index (χ4n) is 9.23. The molecule has 0 radical (unpaired) electrons. The molecule has 4 rings (SSSR count). The number of aliphatic hydroxyl groups is 1. The number of rotatable bonds is 13. The van der Waals surface area contributed by atoms with E-state index in [9.17, 15) is 51.8 Å². The van der Waals surface area contributed by atoms with Gasteiger partial charge < -0.3 is 45.4 Å². The molecule has 66 heavy (non-hydrogen) atoms. The van der Waals surface area contributed by atoms with Gasteiger partial charge in [0.05, 0.1) is 6.61 Å². The molecule has 0 unspecified atom stereocenters. The third-order valence-electron chi connectivity index (χ3n) is 13.0. The monoisotopic (exact) mass is 975 g/mol. The third kappa shape index (κ3) is 13.3. The van der Waals surface area contributed by atoms with Crippen LogP contribution in [0.1, 0.15) is 96.5 Å². The Labute approximate surface area is 394 Å². The lowest BCUT2D eigenvalue weighted by molar-refractivity contribution is -0.236. The summed E-state index contributed by atoms with van der Waals surface area (Å²) in [5.41, 5.74) is -2.18. The van der Waals surface area contributed by atoms with Crippen LogP contribution in [0, 0.1) is 11.3 Å². The van der Waals surface area contributed by atoms with Crippen molar-refractivity contribution in [1.82, 2.24) is 35.6 Å². The molecule has 1 aromatic rings. The summed E-state index contributed by atoms with van der Waals surface area (Å²) in [5.74, 6) is -5.58. The highest BCUT2D eigenvalue weighted by Gasteiger charge is 2.62. The zero-order valence-corrected chi connectivity index (χ0v) is 40.2. The Morgan fingerprint density at radius 3 is 2.23 bits per heavy atom. The van der Waals surface area contributed by atoms with E-state index in [1.807, 2.05) is 13.8 Å². The summed E-state index contributed by atoms with van der Waals surface area (Å²) in [7, 11) is 5.63. The summed E-state index contributed by atoms with van der Waals surface area (Å²) in [4.78, 5) is 104. The van der Waals surface area contributed by atoms with E-state index in [4.69, 9.17) is 27.9 Å². The van der Waals surface area contributed by atoms with Gasteiger partial charge in [-0.05, 0) is 87.5 Å². The van der Waals surface area contributed by atoms with Crippen molar-refractivity contribution in [3.63, 3.8) is 0 Å². The first-order valence-corrected chi connectivity index (χ1v) is 23.4. The highest BCUT2D eigenvalue weighted by molar-refractivity contribution is 6.33. The molecule has 3 aliphatic rings. The molecule has 4 N–H and O–H groups in total. The second-order valence-electron chi connectivity index (χ2n) is 18.2. The fourth-order valence-corrected chi connectivity index (χ4v) is 9.62. The smallest absolute Gasteiger partial charge is 0.396 e. The van der Waals surface area contributed by atoms with Crippen LogP contribution in [0.4, 0.5) is 13.2 Å². The van der Waals surface area contributed by atoms with Crippen LogP contribution in [0.2, 0.25) is 10.0 Å². The van der Waals surface area contributed by atoms with Crippen molar-refractivity contribution >= 4 is 64.6 Å². The van der Waals surface area contributed by atoms with E-state index >= 15 is 0 Å². The zero-order valence-electron chi connectivity index (χ0n) is 38.7. The quantitative estimate of drug-likeness (QED) is 0.227. The van der Waals surface area contributed by atoms with Crippen LogP contribution in [0.25, 0.3) is 0 Å². The largest absolute Gasteiger partial charge is 0.403 e. The number of aliphatic hydroxyl groups excluding tert-OH is 1. The highest BCUT2D eigenvalue weighted by Crippen LogP contribution is 2.51. The third-order valence-corrected chi connectivity index (χ3v) is 13.6. The molecule has 16 nitrogen and oxygen atoms in total. The van der Waals surface area contributed by atoms with Gasteiger partial charge in [-0.15, -0.1) is 0 Å². The van der Waals surface area contributed by atoms with Crippen molar-refractivity contribution in [3.8, 4) is 0 Å². The van der Waals surface area contributed by atoms with Crippen LogP contribution < -0.4 is 16.0 Å². The van der Waals surface area contributed by atoms with Gasteiger partial charge in [-0.2, -0.15) is 13.2 Å². The lowest BCUT2D eigenvalue weighted by Crippen LogP contribution is -2.61. The molecular formula is C45H66Cl2F3N7O9. The van der Waals surface area contributed by atoms with Gasteiger partial charge in [0.25, 0.3) is 0 Å². The van der Waals surface area contributed by atoms with Gasteiger partial charge in [0.2, 0.25) is 41.4 Å². The van der Waals surface area contributed by atoms with Gasteiger partial charge in [0.15, 0.2) is 0 Å². The second kappa shape index (κ2) is 24.2. The summed E-state index contributed by atoms with van der Waals surface area (Å²) in [5, 5.41) is 18.8. The van der Waals surface area contributed by atoms with E-state index in [2.05, 4.69) is 16.0 Å². The first-order chi connectivity index (χ1) is 31.1. The van der Waals surface area contributed by atoms with E-state index < -0.39 is 95.8 Å². The zero-order chi connectivity index (χ0) is 49.1. The molecule has 1 aliphatic carbocycles. The van der Waals surface area contributed by atoms with Crippen molar-refractivity contribution in [3.05, 3.63) is 33.8 Å². The molecule has 1 aromatic carbocycles. The van der Waals surface area contributed by atoms with E-state index in [1.165, 1.54) is 38.1 Å². The maximum absolute atomic E-state index is 14.6. The normalized spacial score (nSPS) is 24.5. The van der Waals surface area contributed by atoms with E-state index in [0.29, 0.717) is 23.4 Å². The minimum atomic E-state index is -4.83. The molecule has 6 atom stereocenters. The van der Waals surface area contributed by atoms with Crippen molar-refractivity contribution in [2.24, 2.45) is 11.3 Å². The highest BCUT2D eigenvalue weighted by atomic mass is 35.5. The summed E-state index contributed by atoms with van der Waals surface area (Å²) in [6.07, 6.45) is -4.00. The number of carbonyl (C=O) groups excluding carboxylic acids is 7. The van der Waals surface area contributed by atoms with E-state index in [0.717, 1.165) is 9.80 Å². The summed E-state index contributed by atoms with van der Waals surface area (Å²) in [6.45, 7) is 2.98. The Morgan fingerprint density at radius 2 is 1.61 bits per heavy atom. The number of benzene rings is 1. The number of nitrogens with one attached hydrogen (secondary N) is 3. The predicted octanol–water partition coefficient (Wildman–Crippen LogP) is 3.87. The minimum absolute atomic E-state index is 0.0207. The Morgan fingerprint density at radius 1 is 0.939 bits per heavy atom. The lowest BCUT2D eigenvalue weighted by atomic mass is 9.72. The molecule has 7 amide bonds. The van der Waals surface area contributed by atoms with Crippen molar-refractivity contribution in [2.45, 2.75) is 140 Å². The van der Waals surface area contributed by atoms with Crippen LogP contribution >= 0.6 is 23.2 Å². The Kier molecular flexibility index (Phi) is 19.9. The molecule has 2 aliphatic heterocycles. The van der Waals surface area contributed by atoms with Gasteiger partial charge in [-0.25, -0.2) is 0 Å². The van der Waals surface area contributed by atoms with Gasteiger partial charge >= 0.3 is 6.18 Å². The van der Waals surface area contributed by atoms with Gasteiger partial charge in [-0.1, -0.05) is 56.3 Å². The second-order valence-corrected chi connectivity index (χ2v) is 19.0. The predicted molar refractivity (Wildman–Crippen MR) is 240 cm³/mol. The van der Waals surface area contributed by atoms with Crippen LogP contribution in [0.3, 0.4) is 0 Å². The number of methoxy groups -OCH3 is 1. The first-order valence-electron chi connectivity index (χ1n) is 22.7. The molecule has 0 spiro atoms. The number of alkyl halides is 3. The summed E-state index contributed by atoms with van der Waals surface area (Å²) in [6, 6.07) is -3.00. The van der Waals surface area contributed by atoms with E-state index in [1.54, 1.807) is 18.2 Å². The molecule has 0 aromatic heterocycles. The molecule has 370 valence electrons. The number of hydrogen-bond donors (Lipinski definition) is 4. The maximum atomic E-state index is 14.6. The molecule has 1 saturated carbocycles. The number of amides is 7. The Hall–Kier alpha value is -4.20. The number of likely N-dealkylation sites (tertiary alicyclic amines) is 1. The van der Waals surface area contributed by atoms with Crippen molar-refractivity contribution in [1.29, 1.82) is 0 Å². The van der Waals surface area contributed by atoms with Crippen LogP contribution in [0.15, 0.2) is 18.2 Å². The Balaban J connectivity index is 1.66. The van der Waals surface area contributed by atoms with E-state index in [-0.39, 0.29) is 101 Å². The lowest BCUT2D eigenvalue weighted by Gasteiger charge is -2.41. The maximum Gasteiger partial charge on any atom is 0.403 e. The van der Waals surface area contributed by atoms with Gasteiger partial charge in [0.1, 0.15) is 41.7 Å². The average molecular weight is 977 g/mol. The van der Waals surface area contributed by atoms with Crippen LogP contribution in [0.5, 0.6) is 0 Å². The van der Waals surface area contributed by atoms with Crippen LogP contribution in [-0.4, -0.2) is 163 Å². The molecule has 0 bridgehead atoms. The average Bonchev–Trinajstić information content (AvgIpc) is 3.77. The number of likely N-dealkylation sites (N-methyl/N-ethyl adjacent to an activating group) is 3. The molecule has 2 saturated heterocycles. The first kappa shape index (κ1) is 54.4. The fraction of sp³-hybridized carbons (Fsp3) is 0.711. The van der Waals surface area contributed by atoms with Crippen molar-refractivity contribution < 1.29 is 56.6 Å². The van der Waals surface area contributed by atoms with Crippen LogP contribution in [-0.2, 0) is 44.7 Å². The standard InChI is InChI=1S/C45H66Cl2F3N7O9/c1-27(2)23-32-42(64)56(5)36(25-28-24-29(46)15-16-30(28)47)39(61)53-33(26-66-6)40(62)54(3)20-11-8-13-34(37(59)52-32)55(4)41(63)31(17-22-58)51-38(60)35-14-12-21-57(35)43(65)44(45(48,49)50)18-9-7-10-19-44/h15-16,24,27,31-36,58H,7-14,17-23,25-26H2,1-6H3,(H,51,60)(H,52,59)(H,53,61)/t31-,32-,33+,34-,35-,36-/m0/s1. The minimum Gasteiger partial charge on any atom is -0.396 e. The number of ether oxygens (including phenoxy) is 1. The number of nitrogens with zero attached hydrogens (tertiary/aromatic N) is 4. The van der Waals surface area contributed by atoms with Gasteiger partial charge in [-0.3, -0.25) is 33.6 Å². The SMILES string of the molecule is COC[C@H]1NC(=O)[C@H](Cc2cc(Cl)ccc2Cl)N(C)C(=O)[C@H](CC(C)C)NC(=O)[C@@H](N(C)C(=O)[C@H](CCO)NC(=O)[C@@H]2CCCN2C(=O)C2(C(F)(F)F)CCCCC2)CCCCN(C)C1=O. The number of halogens is 5.